The molecule has 5 heteroatoms. The van der Waals surface area contributed by atoms with Crippen molar-refractivity contribution in [1.29, 1.82) is 0 Å². The van der Waals surface area contributed by atoms with Crippen LogP contribution in [0.2, 0.25) is 0 Å². The molecule has 4 nitrogen and oxygen atoms in total. The Morgan fingerprint density at radius 1 is 1.09 bits per heavy atom. The molecular formula is C18H25BrN2O2. The molecular weight excluding hydrogens is 356 g/mol. The molecule has 0 N–H and O–H groups in total. The molecule has 1 saturated heterocycles. The van der Waals surface area contributed by atoms with E-state index in [-0.39, 0.29) is 17.7 Å². The maximum Gasteiger partial charge on any atom is 0.253 e. The number of carbonyl (C=O) groups excluding carboxylic acids is 2. The predicted molar refractivity (Wildman–Crippen MR) is 95.3 cm³/mol. The van der Waals surface area contributed by atoms with Crippen LogP contribution < -0.4 is 0 Å². The van der Waals surface area contributed by atoms with E-state index in [1.54, 1.807) is 0 Å². The van der Waals surface area contributed by atoms with Crippen LogP contribution in [-0.4, -0.2) is 47.8 Å². The Bertz CT molecular complexity index is 558. The van der Waals surface area contributed by atoms with Gasteiger partial charge in [0.2, 0.25) is 5.91 Å². The topological polar surface area (TPSA) is 40.6 Å². The Balaban J connectivity index is 2.01. The lowest BCUT2D eigenvalue weighted by molar-refractivity contribution is -0.135. The van der Waals surface area contributed by atoms with Crippen molar-refractivity contribution < 1.29 is 9.59 Å². The lowest BCUT2D eigenvalue weighted by Crippen LogP contribution is -2.39. The number of nitrogens with zero attached hydrogens (tertiary/aromatic N) is 2. The number of benzene rings is 1. The highest BCUT2D eigenvalue weighted by Gasteiger charge is 2.25. The van der Waals surface area contributed by atoms with Gasteiger partial charge in [0.05, 0.1) is 0 Å². The van der Waals surface area contributed by atoms with Gasteiger partial charge in [0, 0.05) is 42.1 Å². The minimum Gasteiger partial charge on any atom is -0.341 e. The molecule has 0 unspecified atom stereocenters. The fraction of sp³-hybridized carbons (Fsp3) is 0.556. The van der Waals surface area contributed by atoms with E-state index in [0.717, 1.165) is 30.3 Å². The maximum atomic E-state index is 12.6. The Hall–Kier alpha value is -1.36. The third kappa shape index (κ3) is 4.56. The van der Waals surface area contributed by atoms with Crippen molar-refractivity contribution >= 4 is 27.7 Å². The molecule has 1 heterocycles. The van der Waals surface area contributed by atoms with Crippen molar-refractivity contribution in [3.63, 3.8) is 0 Å². The number of rotatable bonds is 4. The average molecular weight is 381 g/mol. The summed E-state index contributed by atoms with van der Waals surface area (Å²) >= 11 is 3.41. The van der Waals surface area contributed by atoms with Crippen LogP contribution in [0.3, 0.4) is 0 Å². The second-order valence-corrected chi connectivity index (χ2v) is 6.91. The van der Waals surface area contributed by atoms with E-state index < -0.39 is 0 Å². The van der Waals surface area contributed by atoms with Crippen molar-refractivity contribution in [3.8, 4) is 0 Å². The number of hydrogen-bond acceptors (Lipinski definition) is 2. The summed E-state index contributed by atoms with van der Waals surface area (Å²) in [6.07, 6.45) is 2.60. The number of halogens is 1. The first-order valence-electron chi connectivity index (χ1n) is 8.40. The van der Waals surface area contributed by atoms with Crippen LogP contribution in [0.4, 0.5) is 0 Å². The van der Waals surface area contributed by atoms with Crippen LogP contribution in [0, 0.1) is 5.92 Å². The Labute approximate surface area is 147 Å². The van der Waals surface area contributed by atoms with Gasteiger partial charge in [-0.15, -0.1) is 0 Å². The second kappa shape index (κ2) is 8.48. The third-order valence-electron chi connectivity index (χ3n) is 4.50. The fourth-order valence-electron chi connectivity index (χ4n) is 3.04. The highest BCUT2D eigenvalue weighted by atomic mass is 79.9. The van der Waals surface area contributed by atoms with Gasteiger partial charge in [-0.3, -0.25) is 9.59 Å². The molecule has 1 fully saturated rings. The van der Waals surface area contributed by atoms with Crippen molar-refractivity contribution in [2.45, 2.75) is 33.1 Å². The maximum absolute atomic E-state index is 12.6. The van der Waals surface area contributed by atoms with Gasteiger partial charge in [0.15, 0.2) is 0 Å². The SMILES string of the molecule is CCC(CC)C(=O)N1CCCN(C(=O)c2cccc(Br)c2)CC1. The predicted octanol–water partition coefficient (Wildman–Crippen LogP) is 3.56. The van der Waals surface area contributed by atoms with Crippen LogP contribution in [0.15, 0.2) is 28.7 Å². The summed E-state index contributed by atoms with van der Waals surface area (Å²) in [5.41, 5.74) is 0.694. The molecule has 2 amide bonds. The zero-order chi connectivity index (χ0) is 16.8. The monoisotopic (exact) mass is 380 g/mol. The highest BCUT2D eigenvalue weighted by Crippen LogP contribution is 2.17. The fourth-order valence-corrected chi connectivity index (χ4v) is 3.44. The summed E-state index contributed by atoms with van der Waals surface area (Å²) in [5, 5.41) is 0. The van der Waals surface area contributed by atoms with Gasteiger partial charge in [0.1, 0.15) is 0 Å². The van der Waals surface area contributed by atoms with E-state index in [1.165, 1.54) is 0 Å². The minimum absolute atomic E-state index is 0.0446. The molecule has 1 aromatic rings. The molecule has 0 bridgehead atoms. The summed E-state index contributed by atoms with van der Waals surface area (Å²) in [4.78, 5) is 28.9. The van der Waals surface area contributed by atoms with E-state index >= 15 is 0 Å². The molecule has 1 aromatic carbocycles. The molecule has 0 saturated carbocycles. The first-order valence-corrected chi connectivity index (χ1v) is 9.19. The molecule has 0 aromatic heterocycles. The van der Waals surface area contributed by atoms with E-state index in [9.17, 15) is 9.59 Å². The van der Waals surface area contributed by atoms with E-state index in [4.69, 9.17) is 0 Å². The molecule has 2 rings (SSSR count). The van der Waals surface area contributed by atoms with Crippen molar-refractivity contribution in [2.75, 3.05) is 26.2 Å². The van der Waals surface area contributed by atoms with Crippen LogP contribution >= 0.6 is 15.9 Å². The van der Waals surface area contributed by atoms with Gasteiger partial charge in [-0.2, -0.15) is 0 Å². The largest absolute Gasteiger partial charge is 0.341 e. The Morgan fingerprint density at radius 3 is 2.39 bits per heavy atom. The molecule has 0 spiro atoms. The summed E-state index contributed by atoms with van der Waals surface area (Å²) in [6, 6.07) is 7.47. The van der Waals surface area contributed by atoms with Crippen molar-refractivity contribution in [2.24, 2.45) is 5.92 Å². The molecule has 0 radical (unpaired) electrons. The molecule has 126 valence electrons. The summed E-state index contributed by atoms with van der Waals surface area (Å²) in [7, 11) is 0. The van der Waals surface area contributed by atoms with Gasteiger partial charge in [-0.05, 0) is 37.5 Å². The van der Waals surface area contributed by atoms with Gasteiger partial charge >= 0.3 is 0 Å². The number of hydrogen-bond donors (Lipinski definition) is 0. The van der Waals surface area contributed by atoms with Gasteiger partial charge in [-0.1, -0.05) is 35.8 Å². The lowest BCUT2D eigenvalue weighted by Gasteiger charge is -2.25. The first kappa shape index (κ1) is 18.0. The summed E-state index contributed by atoms with van der Waals surface area (Å²) in [6.45, 7) is 6.82. The second-order valence-electron chi connectivity index (χ2n) is 5.99. The van der Waals surface area contributed by atoms with E-state index in [1.807, 2.05) is 34.1 Å². The van der Waals surface area contributed by atoms with Crippen LogP contribution in [0.1, 0.15) is 43.5 Å². The quantitative estimate of drug-likeness (QED) is 0.800. The van der Waals surface area contributed by atoms with Crippen molar-refractivity contribution in [1.82, 2.24) is 9.80 Å². The first-order chi connectivity index (χ1) is 11.1. The van der Waals surface area contributed by atoms with Gasteiger partial charge in [-0.25, -0.2) is 0 Å². The Kier molecular flexibility index (Phi) is 6.63. The van der Waals surface area contributed by atoms with Crippen LogP contribution in [-0.2, 0) is 4.79 Å². The van der Waals surface area contributed by atoms with Crippen molar-refractivity contribution in [3.05, 3.63) is 34.3 Å². The van der Waals surface area contributed by atoms with Gasteiger partial charge in [0.25, 0.3) is 5.91 Å². The molecule has 1 aliphatic heterocycles. The summed E-state index contributed by atoms with van der Waals surface area (Å²) < 4.78 is 0.906. The molecule has 23 heavy (non-hydrogen) atoms. The average Bonchev–Trinajstić information content (AvgIpc) is 2.81. The Morgan fingerprint density at radius 2 is 1.74 bits per heavy atom. The standard InChI is InChI=1S/C18H25BrN2O2/c1-3-14(4-2)17(22)20-9-6-10-21(12-11-20)18(23)15-7-5-8-16(19)13-15/h5,7-8,13-14H,3-4,6,9-12H2,1-2H3. The molecule has 0 aliphatic carbocycles. The minimum atomic E-state index is 0.0446. The molecule has 1 aliphatic rings. The smallest absolute Gasteiger partial charge is 0.253 e. The van der Waals surface area contributed by atoms with E-state index in [2.05, 4.69) is 29.8 Å². The number of amides is 2. The zero-order valence-corrected chi connectivity index (χ0v) is 15.5. The van der Waals surface area contributed by atoms with Gasteiger partial charge < -0.3 is 9.80 Å². The summed E-state index contributed by atoms with van der Waals surface area (Å²) in [5.74, 6) is 0.400. The third-order valence-corrected chi connectivity index (χ3v) is 4.99. The van der Waals surface area contributed by atoms with E-state index in [0.29, 0.717) is 25.2 Å². The number of carbonyl (C=O) groups is 2. The van der Waals surface area contributed by atoms with Crippen LogP contribution in [0.25, 0.3) is 0 Å². The highest BCUT2D eigenvalue weighted by molar-refractivity contribution is 9.10. The molecule has 0 atom stereocenters. The van der Waals surface area contributed by atoms with Crippen LogP contribution in [0.5, 0.6) is 0 Å². The zero-order valence-electron chi connectivity index (χ0n) is 13.9. The lowest BCUT2D eigenvalue weighted by atomic mass is 10.0. The normalized spacial score (nSPS) is 15.7.